The number of carbonyl (C=O) groups is 2. The first-order valence-corrected chi connectivity index (χ1v) is 9.91. The molecule has 0 radical (unpaired) electrons. The quantitative estimate of drug-likeness (QED) is 0.467. The number of alkyl halides is 3. The minimum absolute atomic E-state index is 0.0526. The van der Waals surface area contributed by atoms with E-state index in [2.05, 4.69) is 15.3 Å². The summed E-state index contributed by atoms with van der Waals surface area (Å²) in [5.74, 6) is -1.28. The average molecular weight is 453 g/mol. The Labute approximate surface area is 186 Å². The zero-order chi connectivity index (χ0) is 23.6. The monoisotopic (exact) mass is 453 g/mol. The smallest absolute Gasteiger partial charge is 0.364 e. The fourth-order valence-electron chi connectivity index (χ4n) is 3.36. The number of benzene rings is 2. The van der Waals surface area contributed by atoms with Crippen molar-refractivity contribution in [2.24, 2.45) is 5.73 Å². The predicted octanol–water partition coefficient (Wildman–Crippen LogP) is 3.49. The van der Waals surface area contributed by atoms with Crippen LogP contribution in [0.15, 0.2) is 67.0 Å². The number of hydrogen-bond acceptors (Lipinski definition) is 4. The van der Waals surface area contributed by atoms with Crippen molar-refractivity contribution in [2.75, 3.05) is 6.54 Å². The van der Waals surface area contributed by atoms with E-state index in [0.717, 1.165) is 17.7 Å². The van der Waals surface area contributed by atoms with Crippen molar-refractivity contribution in [3.8, 4) is 11.3 Å². The van der Waals surface area contributed by atoms with Crippen molar-refractivity contribution in [3.63, 3.8) is 0 Å². The summed E-state index contributed by atoms with van der Waals surface area (Å²) in [5, 5.41) is 2.71. The number of amides is 2. The lowest BCUT2D eigenvalue weighted by Crippen LogP contribution is -2.27. The van der Waals surface area contributed by atoms with E-state index in [4.69, 9.17) is 5.73 Å². The van der Waals surface area contributed by atoms with E-state index in [1.807, 2.05) is 30.3 Å². The van der Waals surface area contributed by atoms with Gasteiger partial charge in [-0.3, -0.25) is 14.0 Å². The molecule has 33 heavy (non-hydrogen) atoms. The van der Waals surface area contributed by atoms with E-state index in [0.29, 0.717) is 17.7 Å². The number of nitrogens with two attached hydrogens (primary N) is 1. The number of hydrogen-bond donors (Lipinski definition) is 2. The van der Waals surface area contributed by atoms with Crippen LogP contribution in [0, 0.1) is 0 Å². The first kappa shape index (κ1) is 22.0. The summed E-state index contributed by atoms with van der Waals surface area (Å²) in [6, 6.07) is 15.5. The van der Waals surface area contributed by atoms with E-state index in [9.17, 15) is 22.8 Å². The molecule has 0 atom stereocenters. The Morgan fingerprint density at radius 2 is 1.73 bits per heavy atom. The van der Waals surface area contributed by atoms with Crippen molar-refractivity contribution in [1.82, 2.24) is 19.7 Å². The van der Waals surface area contributed by atoms with E-state index in [1.54, 1.807) is 10.5 Å². The lowest BCUT2D eigenvalue weighted by atomic mass is 10.1. The van der Waals surface area contributed by atoms with Crippen LogP contribution in [0.5, 0.6) is 0 Å². The zero-order valence-electron chi connectivity index (χ0n) is 17.1. The molecule has 0 aliphatic heterocycles. The zero-order valence-corrected chi connectivity index (χ0v) is 17.1. The molecule has 168 valence electrons. The second-order valence-electron chi connectivity index (χ2n) is 7.24. The summed E-state index contributed by atoms with van der Waals surface area (Å²) in [4.78, 5) is 32.8. The Hall–Kier alpha value is -4.21. The Balaban J connectivity index is 1.56. The topological polar surface area (TPSA) is 102 Å². The van der Waals surface area contributed by atoms with Crippen molar-refractivity contribution >= 4 is 17.5 Å². The maximum absolute atomic E-state index is 12.8. The van der Waals surface area contributed by atoms with E-state index in [1.165, 1.54) is 18.5 Å². The molecule has 0 aliphatic rings. The molecule has 0 aliphatic carbocycles. The molecule has 4 rings (SSSR count). The Bertz CT molecular complexity index is 1320. The van der Waals surface area contributed by atoms with Crippen LogP contribution in [0.25, 0.3) is 16.9 Å². The average Bonchev–Trinajstić information content (AvgIpc) is 3.23. The molecule has 7 nitrogen and oxygen atoms in total. The summed E-state index contributed by atoms with van der Waals surface area (Å²) in [6.45, 7) is 0.180. The molecule has 4 aromatic rings. The third kappa shape index (κ3) is 4.69. The van der Waals surface area contributed by atoms with E-state index >= 15 is 0 Å². The maximum atomic E-state index is 12.8. The van der Waals surface area contributed by atoms with Gasteiger partial charge < -0.3 is 11.1 Å². The molecule has 2 aromatic carbocycles. The van der Waals surface area contributed by atoms with Crippen LogP contribution in [-0.2, 0) is 12.6 Å². The van der Waals surface area contributed by atoms with Gasteiger partial charge in [0.25, 0.3) is 11.8 Å². The predicted molar refractivity (Wildman–Crippen MR) is 114 cm³/mol. The van der Waals surface area contributed by atoms with Crippen molar-refractivity contribution in [3.05, 3.63) is 89.5 Å². The molecular formula is C23H18F3N5O2. The van der Waals surface area contributed by atoms with Crippen LogP contribution >= 0.6 is 0 Å². The van der Waals surface area contributed by atoms with Gasteiger partial charge >= 0.3 is 6.18 Å². The fraction of sp³-hybridized carbons (Fsp3) is 0.130. The molecule has 0 saturated carbocycles. The van der Waals surface area contributed by atoms with Crippen LogP contribution in [0.3, 0.4) is 0 Å². The fourth-order valence-corrected chi connectivity index (χ4v) is 3.36. The summed E-state index contributed by atoms with van der Waals surface area (Å²) < 4.78 is 39.6. The van der Waals surface area contributed by atoms with Gasteiger partial charge in [0.1, 0.15) is 12.0 Å². The number of halogens is 3. The van der Waals surface area contributed by atoms with Gasteiger partial charge in [0.2, 0.25) is 0 Å². The van der Waals surface area contributed by atoms with E-state index in [-0.39, 0.29) is 23.6 Å². The minimum atomic E-state index is -4.40. The maximum Gasteiger partial charge on any atom is 0.416 e. The SMILES string of the molecule is NC(=O)c1ncn2c(-c3ccccc3)cc(C(=O)NCCc3ccc(C(F)(F)F)cc3)nc12. The second kappa shape index (κ2) is 8.73. The Morgan fingerprint density at radius 1 is 1.03 bits per heavy atom. The van der Waals surface area contributed by atoms with Crippen molar-refractivity contribution in [1.29, 1.82) is 0 Å². The van der Waals surface area contributed by atoms with Crippen LogP contribution in [-0.4, -0.2) is 32.7 Å². The number of fused-ring (bicyclic) bond motifs is 1. The molecule has 0 unspecified atom stereocenters. The summed E-state index contributed by atoms with van der Waals surface area (Å²) >= 11 is 0. The second-order valence-corrected chi connectivity index (χ2v) is 7.24. The van der Waals surface area contributed by atoms with E-state index < -0.39 is 23.6 Å². The highest BCUT2D eigenvalue weighted by Crippen LogP contribution is 2.29. The minimum Gasteiger partial charge on any atom is -0.364 e. The van der Waals surface area contributed by atoms with Gasteiger partial charge in [-0.05, 0) is 35.7 Å². The van der Waals surface area contributed by atoms with Crippen LogP contribution in [0.2, 0.25) is 0 Å². The Morgan fingerprint density at radius 3 is 2.36 bits per heavy atom. The molecule has 2 heterocycles. The Kier molecular flexibility index (Phi) is 5.82. The molecular weight excluding hydrogens is 435 g/mol. The lowest BCUT2D eigenvalue weighted by molar-refractivity contribution is -0.137. The molecule has 0 bridgehead atoms. The number of nitrogens with zero attached hydrogens (tertiary/aromatic N) is 3. The standard InChI is InChI=1S/C23H18F3N5O2/c24-23(25,26)16-8-6-14(7-9-16)10-11-28-22(33)17-12-18(15-4-2-1-3-5-15)31-13-29-19(20(27)32)21(31)30-17/h1-9,12-13H,10-11H2,(H2,27,32)(H,28,33). The van der Waals surface area contributed by atoms with Gasteiger partial charge in [-0.15, -0.1) is 0 Å². The van der Waals surface area contributed by atoms with Crippen LogP contribution in [0.4, 0.5) is 13.2 Å². The van der Waals surface area contributed by atoms with Gasteiger partial charge in [-0.25, -0.2) is 9.97 Å². The van der Waals surface area contributed by atoms with Gasteiger partial charge in [-0.2, -0.15) is 13.2 Å². The molecule has 0 fully saturated rings. The molecule has 0 saturated heterocycles. The summed E-state index contributed by atoms with van der Waals surface area (Å²) in [6.07, 6.45) is -2.65. The van der Waals surface area contributed by atoms with Gasteiger partial charge in [0.15, 0.2) is 11.3 Å². The number of carbonyl (C=O) groups excluding carboxylic acids is 2. The number of nitrogens with one attached hydrogen (secondary N) is 1. The third-order valence-electron chi connectivity index (χ3n) is 5.02. The lowest BCUT2D eigenvalue weighted by Gasteiger charge is -2.10. The van der Waals surface area contributed by atoms with Gasteiger partial charge in [0.05, 0.1) is 11.3 Å². The number of primary amides is 1. The molecule has 2 amide bonds. The van der Waals surface area contributed by atoms with Crippen LogP contribution in [0.1, 0.15) is 32.1 Å². The van der Waals surface area contributed by atoms with Crippen molar-refractivity contribution in [2.45, 2.75) is 12.6 Å². The molecule has 2 aromatic heterocycles. The van der Waals surface area contributed by atoms with Gasteiger partial charge in [0, 0.05) is 6.54 Å². The molecule has 0 spiro atoms. The van der Waals surface area contributed by atoms with Crippen molar-refractivity contribution < 1.29 is 22.8 Å². The molecule has 10 heteroatoms. The number of imidazole rings is 1. The first-order valence-electron chi connectivity index (χ1n) is 9.91. The third-order valence-corrected chi connectivity index (χ3v) is 5.02. The van der Waals surface area contributed by atoms with Crippen LogP contribution < -0.4 is 11.1 Å². The highest BCUT2D eigenvalue weighted by atomic mass is 19.4. The molecule has 3 N–H and O–H groups in total. The summed E-state index contributed by atoms with van der Waals surface area (Å²) in [5.41, 5.74) is 6.81. The first-order chi connectivity index (χ1) is 15.7. The highest BCUT2D eigenvalue weighted by molar-refractivity contribution is 5.99. The number of rotatable bonds is 6. The number of aromatic nitrogens is 3. The normalized spacial score (nSPS) is 11.5. The van der Waals surface area contributed by atoms with Gasteiger partial charge in [-0.1, -0.05) is 42.5 Å². The highest BCUT2D eigenvalue weighted by Gasteiger charge is 2.29. The largest absolute Gasteiger partial charge is 0.416 e. The summed E-state index contributed by atoms with van der Waals surface area (Å²) in [7, 11) is 0.